The molecule has 0 spiro atoms. The average Bonchev–Trinajstić information content (AvgIpc) is 3.22. The summed E-state index contributed by atoms with van der Waals surface area (Å²) in [6.07, 6.45) is 54.9. The van der Waals surface area contributed by atoms with Crippen LogP contribution in [0.25, 0.3) is 0 Å². The van der Waals surface area contributed by atoms with Gasteiger partial charge in [-0.3, -0.25) is 9.59 Å². The number of ether oxygens (including phenoxy) is 1. The predicted octanol–water partition coefficient (Wildman–Crippen LogP) is 15.3. The molecule has 0 saturated carbocycles. The lowest BCUT2D eigenvalue weighted by atomic mass is 10.0. The molecule has 2 atom stereocenters. The van der Waals surface area contributed by atoms with Crippen LogP contribution in [0.2, 0.25) is 0 Å². The average molecular weight is 820 g/mol. The van der Waals surface area contributed by atoms with E-state index in [0.717, 1.165) is 57.8 Å². The van der Waals surface area contributed by atoms with E-state index in [-0.39, 0.29) is 18.5 Å². The topological polar surface area (TPSA) is 95.9 Å². The van der Waals surface area contributed by atoms with Crippen LogP contribution >= 0.6 is 0 Å². The molecule has 0 aromatic carbocycles. The zero-order valence-corrected chi connectivity index (χ0v) is 39.0. The summed E-state index contributed by atoms with van der Waals surface area (Å²) in [6.45, 7) is 4.88. The molecule has 1 amide bonds. The van der Waals surface area contributed by atoms with Crippen molar-refractivity contribution >= 4 is 11.9 Å². The Morgan fingerprint density at radius 3 is 1.17 bits per heavy atom. The molecule has 0 aliphatic heterocycles. The lowest BCUT2D eigenvalue weighted by Gasteiger charge is -2.20. The van der Waals surface area contributed by atoms with E-state index >= 15 is 0 Å². The number of unbranched alkanes of at least 4 members (excludes halogenated alkanes) is 37. The summed E-state index contributed by atoms with van der Waals surface area (Å²) in [5.74, 6) is -0.0798. The molecule has 2 unspecified atom stereocenters. The number of carbonyl (C=O) groups excluding carboxylic acids is 2. The molecular weight excluding hydrogens is 719 g/mol. The zero-order valence-electron chi connectivity index (χ0n) is 39.0. The highest BCUT2D eigenvalue weighted by Crippen LogP contribution is 2.16. The molecule has 58 heavy (non-hydrogen) atoms. The van der Waals surface area contributed by atoms with Gasteiger partial charge in [-0.1, -0.05) is 251 Å². The van der Waals surface area contributed by atoms with Crippen LogP contribution in [0.1, 0.15) is 284 Å². The Labute approximate surface area is 361 Å². The summed E-state index contributed by atoms with van der Waals surface area (Å²) < 4.78 is 5.45. The fraction of sp³-hybridized carbons (Fsp3) is 0.923. The number of hydrogen-bond acceptors (Lipinski definition) is 5. The van der Waals surface area contributed by atoms with Gasteiger partial charge in [0, 0.05) is 12.8 Å². The summed E-state index contributed by atoms with van der Waals surface area (Å²) in [5, 5.41) is 23.1. The van der Waals surface area contributed by atoms with Crippen LogP contribution < -0.4 is 5.32 Å². The quantitative estimate of drug-likeness (QED) is 0.0323. The SMILES string of the molecule is CCCCCCCCCCCCCCC/C=C/C(O)C(CO)NC(=O)CCCCCCCCCCCCCCCCOC(=O)CCCCCCCCCCCCCC. The van der Waals surface area contributed by atoms with E-state index in [1.807, 2.05) is 6.08 Å². The van der Waals surface area contributed by atoms with Gasteiger partial charge in [0.25, 0.3) is 0 Å². The van der Waals surface area contributed by atoms with Gasteiger partial charge in [0.05, 0.1) is 25.4 Å². The van der Waals surface area contributed by atoms with Crippen LogP contribution in [0.15, 0.2) is 12.2 Å². The van der Waals surface area contributed by atoms with E-state index < -0.39 is 12.1 Å². The number of esters is 1. The third-order valence-corrected chi connectivity index (χ3v) is 12.1. The van der Waals surface area contributed by atoms with Crippen molar-refractivity contribution in [2.24, 2.45) is 0 Å². The molecule has 0 radical (unpaired) electrons. The fourth-order valence-electron chi connectivity index (χ4n) is 8.05. The van der Waals surface area contributed by atoms with Gasteiger partial charge in [-0.05, 0) is 32.1 Å². The number of hydrogen-bond donors (Lipinski definition) is 3. The summed E-state index contributed by atoms with van der Waals surface area (Å²) in [5.41, 5.74) is 0. The minimum Gasteiger partial charge on any atom is -0.466 e. The Morgan fingerprint density at radius 2 is 0.793 bits per heavy atom. The third kappa shape index (κ3) is 44.2. The number of aliphatic hydroxyl groups is 2. The molecule has 0 rings (SSSR count). The fourth-order valence-corrected chi connectivity index (χ4v) is 8.05. The normalized spacial score (nSPS) is 12.7. The molecule has 0 bridgehead atoms. The van der Waals surface area contributed by atoms with Crippen LogP contribution in [0.3, 0.4) is 0 Å². The Hall–Kier alpha value is -1.40. The van der Waals surface area contributed by atoms with Crippen LogP contribution in [0.5, 0.6) is 0 Å². The molecule has 0 aromatic rings. The Morgan fingerprint density at radius 1 is 0.466 bits per heavy atom. The molecule has 0 fully saturated rings. The number of rotatable bonds is 48. The molecule has 0 aliphatic carbocycles. The molecule has 6 nitrogen and oxygen atoms in total. The lowest BCUT2D eigenvalue weighted by Crippen LogP contribution is -2.45. The van der Waals surface area contributed by atoms with Crippen molar-refractivity contribution in [3.63, 3.8) is 0 Å². The van der Waals surface area contributed by atoms with Crippen molar-refractivity contribution in [3.8, 4) is 0 Å². The maximum Gasteiger partial charge on any atom is 0.305 e. The van der Waals surface area contributed by atoms with Gasteiger partial charge in [0.1, 0.15) is 0 Å². The van der Waals surface area contributed by atoms with Gasteiger partial charge in [0.2, 0.25) is 5.91 Å². The van der Waals surface area contributed by atoms with E-state index in [0.29, 0.717) is 19.4 Å². The van der Waals surface area contributed by atoms with Crippen LogP contribution in [-0.4, -0.2) is 47.4 Å². The highest BCUT2D eigenvalue weighted by Gasteiger charge is 2.18. The van der Waals surface area contributed by atoms with Crippen molar-refractivity contribution in [1.29, 1.82) is 0 Å². The molecule has 0 heterocycles. The molecule has 0 saturated heterocycles. The highest BCUT2D eigenvalue weighted by molar-refractivity contribution is 5.76. The molecule has 3 N–H and O–H groups in total. The van der Waals surface area contributed by atoms with Crippen LogP contribution in [-0.2, 0) is 14.3 Å². The molecule has 0 aromatic heterocycles. The summed E-state index contributed by atoms with van der Waals surface area (Å²) in [6, 6.07) is -0.634. The van der Waals surface area contributed by atoms with E-state index in [1.54, 1.807) is 6.08 Å². The van der Waals surface area contributed by atoms with E-state index in [2.05, 4.69) is 19.2 Å². The first-order valence-electron chi connectivity index (χ1n) is 26.0. The van der Waals surface area contributed by atoms with Crippen molar-refractivity contribution in [1.82, 2.24) is 5.32 Å². The van der Waals surface area contributed by atoms with Gasteiger partial charge in [-0.25, -0.2) is 0 Å². The molecule has 344 valence electrons. The Bertz CT molecular complexity index is 863. The second-order valence-electron chi connectivity index (χ2n) is 17.9. The minimum atomic E-state index is -0.850. The van der Waals surface area contributed by atoms with Crippen molar-refractivity contribution in [3.05, 3.63) is 12.2 Å². The van der Waals surface area contributed by atoms with Gasteiger partial charge in [-0.2, -0.15) is 0 Å². The van der Waals surface area contributed by atoms with E-state index in [1.165, 1.54) is 199 Å². The van der Waals surface area contributed by atoms with Crippen LogP contribution in [0.4, 0.5) is 0 Å². The Balaban J connectivity index is 3.47. The first-order chi connectivity index (χ1) is 28.5. The number of amides is 1. The second kappa shape index (κ2) is 48.3. The maximum absolute atomic E-state index is 12.4. The number of carbonyl (C=O) groups is 2. The second-order valence-corrected chi connectivity index (χ2v) is 17.9. The summed E-state index contributed by atoms with van der Waals surface area (Å²) in [7, 11) is 0. The van der Waals surface area contributed by atoms with Crippen molar-refractivity contribution < 1.29 is 24.5 Å². The number of allylic oxidation sites excluding steroid dienone is 1. The number of aliphatic hydroxyl groups excluding tert-OH is 2. The minimum absolute atomic E-state index is 0.00263. The summed E-state index contributed by atoms with van der Waals surface area (Å²) >= 11 is 0. The van der Waals surface area contributed by atoms with Crippen molar-refractivity contribution in [2.75, 3.05) is 13.2 Å². The van der Waals surface area contributed by atoms with E-state index in [9.17, 15) is 19.8 Å². The third-order valence-electron chi connectivity index (χ3n) is 12.1. The van der Waals surface area contributed by atoms with Crippen molar-refractivity contribution in [2.45, 2.75) is 296 Å². The van der Waals surface area contributed by atoms with Gasteiger partial charge < -0.3 is 20.3 Å². The lowest BCUT2D eigenvalue weighted by molar-refractivity contribution is -0.143. The van der Waals surface area contributed by atoms with E-state index in [4.69, 9.17) is 4.74 Å². The first kappa shape index (κ1) is 56.6. The molecular formula is C52H101NO5. The zero-order chi connectivity index (χ0) is 42.3. The smallest absolute Gasteiger partial charge is 0.305 e. The maximum atomic E-state index is 12.4. The molecule has 6 heteroatoms. The predicted molar refractivity (Wildman–Crippen MR) is 250 cm³/mol. The van der Waals surface area contributed by atoms with Gasteiger partial charge in [0.15, 0.2) is 0 Å². The summed E-state index contributed by atoms with van der Waals surface area (Å²) in [4.78, 5) is 24.4. The first-order valence-corrected chi connectivity index (χ1v) is 26.0. The Kier molecular flexibility index (Phi) is 47.1. The number of nitrogens with one attached hydrogen (secondary N) is 1. The largest absolute Gasteiger partial charge is 0.466 e. The highest BCUT2D eigenvalue weighted by atomic mass is 16.5. The molecule has 0 aliphatic rings. The van der Waals surface area contributed by atoms with Crippen LogP contribution in [0, 0.1) is 0 Å². The monoisotopic (exact) mass is 820 g/mol. The van der Waals surface area contributed by atoms with Gasteiger partial charge in [-0.15, -0.1) is 0 Å². The van der Waals surface area contributed by atoms with Gasteiger partial charge >= 0.3 is 5.97 Å². The standard InChI is InChI=1S/C52H101NO5/c1-3-5-7-9-11-13-15-17-18-21-24-28-32-36-40-44-50(55)49(48-54)53-51(56)45-41-37-33-29-25-22-19-20-23-27-31-35-39-43-47-58-52(57)46-42-38-34-30-26-16-14-12-10-8-6-4-2/h40,44,49-50,54-55H,3-39,41-43,45-48H2,1-2H3,(H,53,56)/b44-40+.